The summed E-state index contributed by atoms with van der Waals surface area (Å²) in [6.07, 6.45) is 4.39. The number of carbonyl (C=O) groups is 1. The molecule has 3 nitrogen and oxygen atoms in total. The van der Waals surface area contributed by atoms with Gasteiger partial charge in [0.15, 0.2) is 11.8 Å². The van der Waals surface area contributed by atoms with E-state index in [4.69, 9.17) is 0 Å². The fraction of sp³-hybridized carbons (Fsp3) is 0.462. The van der Waals surface area contributed by atoms with Crippen LogP contribution in [0.2, 0.25) is 0 Å². The first-order chi connectivity index (χ1) is 7.43. The number of amides is 1. The van der Waals surface area contributed by atoms with Crippen molar-refractivity contribution in [2.75, 3.05) is 0 Å². The van der Waals surface area contributed by atoms with Crippen molar-refractivity contribution in [3.63, 3.8) is 0 Å². The van der Waals surface area contributed by atoms with Crippen LogP contribution in [0.5, 0.6) is 0 Å². The van der Waals surface area contributed by atoms with Crippen LogP contribution in [-0.2, 0) is 0 Å². The summed E-state index contributed by atoms with van der Waals surface area (Å²) in [7, 11) is 0. The van der Waals surface area contributed by atoms with Gasteiger partial charge in [0.1, 0.15) is 0 Å². The predicted octanol–water partition coefficient (Wildman–Crippen LogP) is 2.15. The van der Waals surface area contributed by atoms with Gasteiger partial charge in [-0.25, -0.2) is 4.99 Å². The quantitative estimate of drug-likeness (QED) is 0.668. The van der Waals surface area contributed by atoms with E-state index in [0.29, 0.717) is 5.71 Å². The van der Waals surface area contributed by atoms with Gasteiger partial charge in [-0.1, -0.05) is 0 Å². The van der Waals surface area contributed by atoms with Crippen LogP contribution in [-0.4, -0.2) is 11.8 Å². The van der Waals surface area contributed by atoms with Gasteiger partial charge < -0.3 is 9.90 Å². The summed E-state index contributed by atoms with van der Waals surface area (Å²) in [5.74, 6) is 0.494. The van der Waals surface area contributed by atoms with Crippen LogP contribution >= 0.6 is 0 Å². The van der Waals surface area contributed by atoms with Crippen molar-refractivity contribution in [2.45, 2.75) is 27.7 Å². The Morgan fingerprint density at radius 1 is 1.19 bits per heavy atom. The molecule has 0 aliphatic heterocycles. The summed E-state index contributed by atoms with van der Waals surface area (Å²) in [6.45, 7) is 8.09. The second kappa shape index (κ2) is 5.01. The number of allylic oxidation sites excluding steroid dienone is 4. The average molecular weight is 219 g/mol. The van der Waals surface area contributed by atoms with Gasteiger partial charge in [0.05, 0.1) is 23.3 Å². The molecule has 16 heavy (non-hydrogen) atoms. The molecule has 3 heteroatoms. The third-order valence-electron chi connectivity index (χ3n) is 2.55. The molecule has 1 aliphatic carbocycles. The van der Waals surface area contributed by atoms with Gasteiger partial charge in [-0.05, 0) is 27.7 Å². The number of carbonyl (C=O) groups excluding carboxylic acids is 1. The Morgan fingerprint density at radius 3 is 1.94 bits per heavy atom. The van der Waals surface area contributed by atoms with Crippen molar-refractivity contribution in [3.8, 4) is 0 Å². The highest BCUT2D eigenvalue weighted by Crippen LogP contribution is 2.26. The maximum absolute atomic E-state index is 10.6. The monoisotopic (exact) mass is 219 g/mol. The topological polar surface area (TPSA) is 52.5 Å². The van der Waals surface area contributed by atoms with Crippen LogP contribution in [0.3, 0.4) is 0 Å². The van der Waals surface area contributed by atoms with E-state index in [1.807, 2.05) is 46.3 Å². The van der Waals surface area contributed by atoms with Crippen molar-refractivity contribution in [1.82, 2.24) is 0 Å². The van der Waals surface area contributed by atoms with Gasteiger partial charge in [-0.15, -0.1) is 0 Å². The molecule has 1 aliphatic rings. The molecule has 0 radical (unpaired) electrons. The number of rotatable bonds is 2. The van der Waals surface area contributed by atoms with E-state index in [-0.39, 0.29) is 11.8 Å². The van der Waals surface area contributed by atoms with Crippen molar-refractivity contribution in [1.29, 1.82) is 0 Å². The van der Waals surface area contributed by atoms with Gasteiger partial charge in [0.25, 0.3) is 0 Å². The van der Waals surface area contributed by atoms with Crippen LogP contribution < -0.4 is 5.11 Å². The van der Waals surface area contributed by atoms with E-state index in [9.17, 15) is 9.90 Å². The Morgan fingerprint density at radius 2 is 1.62 bits per heavy atom. The number of aliphatic imine (C=N–C) groups is 1. The van der Waals surface area contributed by atoms with Crippen LogP contribution in [0.1, 0.15) is 27.7 Å². The molecule has 1 rings (SSSR count). The van der Waals surface area contributed by atoms with Crippen molar-refractivity contribution >= 4 is 11.8 Å². The Bertz CT molecular complexity index is 347. The molecule has 0 aromatic carbocycles. The zero-order valence-electron chi connectivity index (χ0n) is 10.2. The van der Waals surface area contributed by atoms with Crippen LogP contribution in [0.4, 0.5) is 4.79 Å². The van der Waals surface area contributed by atoms with E-state index >= 15 is 0 Å². The normalized spacial score (nSPS) is 15.8. The minimum atomic E-state index is -1.38. The molecule has 86 valence electrons. The minimum Gasteiger partial charge on any atom is -0.528 e. The Labute approximate surface area is 96.6 Å². The fourth-order valence-corrected chi connectivity index (χ4v) is 1.73. The average Bonchev–Trinajstić information content (AvgIpc) is 2.16. The molecule has 0 fully saturated rings. The molecule has 0 saturated carbocycles. The van der Waals surface area contributed by atoms with Crippen LogP contribution in [0.15, 0.2) is 28.3 Å². The maximum Gasteiger partial charge on any atom is 0.181 e. The Kier molecular flexibility index (Phi) is 3.93. The zero-order valence-corrected chi connectivity index (χ0v) is 10.2. The third kappa shape index (κ3) is 2.75. The lowest BCUT2D eigenvalue weighted by molar-refractivity contribution is -0.245. The number of hydrogen-bond donors (Lipinski definition) is 0. The number of carboxylic acid groups (broad SMARTS) is 1. The van der Waals surface area contributed by atoms with E-state index < -0.39 is 6.09 Å². The minimum absolute atomic E-state index is 0.247. The molecule has 0 atom stereocenters. The SMILES string of the molecule is CC(C)C1=C[CH+]C=C(C(C)C)C1=NC(=O)[O-]. The second-order valence-corrected chi connectivity index (χ2v) is 4.47. The summed E-state index contributed by atoms with van der Waals surface area (Å²) in [5, 5.41) is 10.6. The van der Waals surface area contributed by atoms with Crippen molar-refractivity contribution in [2.24, 2.45) is 16.8 Å². The van der Waals surface area contributed by atoms with Gasteiger partial charge in [0, 0.05) is 18.3 Å². The molecule has 0 aromatic heterocycles. The van der Waals surface area contributed by atoms with Crippen molar-refractivity contribution in [3.05, 3.63) is 29.7 Å². The summed E-state index contributed by atoms with van der Waals surface area (Å²) in [5.41, 5.74) is 2.47. The lowest BCUT2D eigenvalue weighted by atomic mass is 9.84. The molecule has 0 saturated heterocycles. The van der Waals surface area contributed by atoms with Gasteiger partial charge in [-0.3, -0.25) is 0 Å². The summed E-state index contributed by atoms with van der Waals surface area (Å²) in [4.78, 5) is 14.2. The highest BCUT2D eigenvalue weighted by molar-refractivity contribution is 6.16. The highest BCUT2D eigenvalue weighted by Gasteiger charge is 2.28. The number of hydrogen-bond acceptors (Lipinski definition) is 2. The second-order valence-electron chi connectivity index (χ2n) is 4.47. The van der Waals surface area contributed by atoms with E-state index in [1.165, 1.54) is 0 Å². The summed E-state index contributed by atoms with van der Waals surface area (Å²) >= 11 is 0. The lowest BCUT2D eigenvalue weighted by Crippen LogP contribution is -2.24. The Balaban J connectivity index is 3.16. The molecule has 0 aromatic rings. The van der Waals surface area contributed by atoms with Gasteiger partial charge >= 0.3 is 0 Å². The smallest absolute Gasteiger partial charge is 0.181 e. The Hall–Kier alpha value is -1.51. The van der Waals surface area contributed by atoms with E-state index in [2.05, 4.69) is 4.99 Å². The largest absolute Gasteiger partial charge is 0.528 e. The standard InChI is InChI=1S/C13H17NO2/c1-8(2)10-6-5-7-11(9(3)4)12(10)14-13(15)16/h5-9H,1-4H3. The zero-order chi connectivity index (χ0) is 12.3. The molecule has 0 unspecified atom stereocenters. The lowest BCUT2D eigenvalue weighted by Gasteiger charge is -2.15. The summed E-state index contributed by atoms with van der Waals surface area (Å²) < 4.78 is 0. The molecule has 0 N–H and O–H groups in total. The third-order valence-corrected chi connectivity index (χ3v) is 2.55. The van der Waals surface area contributed by atoms with E-state index in [0.717, 1.165) is 11.1 Å². The van der Waals surface area contributed by atoms with Crippen LogP contribution in [0.25, 0.3) is 0 Å². The first-order valence-electron chi connectivity index (χ1n) is 5.49. The molecule has 1 amide bonds. The van der Waals surface area contributed by atoms with Gasteiger partial charge in [-0.2, -0.15) is 0 Å². The first-order valence-corrected chi connectivity index (χ1v) is 5.49. The number of nitrogens with zero attached hydrogens (tertiary/aromatic N) is 1. The molecule has 0 spiro atoms. The summed E-state index contributed by atoms with van der Waals surface area (Å²) in [6, 6.07) is 0. The van der Waals surface area contributed by atoms with Crippen molar-refractivity contribution < 1.29 is 9.90 Å². The molecule has 0 heterocycles. The van der Waals surface area contributed by atoms with E-state index in [1.54, 1.807) is 0 Å². The first kappa shape index (κ1) is 12.6. The van der Waals surface area contributed by atoms with Gasteiger partial charge in [0.2, 0.25) is 0 Å². The molecule has 0 bridgehead atoms. The fourth-order valence-electron chi connectivity index (χ4n) is 1.73. The highest BCUT2D eigenvalue weighted by atomic mass is 16.4. The predicted molar refractivity (Wildman–Crippen MR) is 63.0 cm³/mol. The maximum atomic E-state index is 10.6. The van der Waals surface area contributed by atoms with Crippen LogP contribution in [0, 0.1) is 18.3 Å². The molecular weight excluding hydrogens is 202 g/mol. The molecular formula is C13H17NO2.